The van der Waals surface area contributed by atoms with Gasteiger partial charge in [-0.05, 0) is 43.2 Å². The van der Waals surface area contributed by atoms with E-state index in [1.54, 1.807) is 6.07 Å². The Morgan fingerprint density at radius 1 is 1.17 bits per heavy atom. The normalized spacial score (nSPS) is 12.8. The van der Waals surface area contributed by atoms with Gasteiger partial charge < -0.3 is 14.8 Å². The van der Waals surface area contributed by atoms with Crippen LogP contribution in [0.4, 0.5) is 0 Å². The number of aryl methyl sites for hydroxylation is 2. The zero-order chi connectivity index (χ0) is 16.4. The van der Waals surface area contributed by atoms with E-state index in [2.05, 4.69) is 5.32 Å². The Morgan fingerprint density at radius 3 is 2.74 bits per heavy atom. The molecule has 0 radical (unpaired) electrons. The molecule has 2 aromatic rings. The van der Waals surface area contributed by atoms with Crippen molar-refractivity contribution in [2.24, 2.45) is 0 Å². The predicted molar refractivity (Wildman–Crippen MR) is 89.5 cm³/mol. The molecule has 23 heavy (non-hydrogen) atoms. The molecule has 1 N–H and O–H groups in total. The van der Waals surface area contributed by atoms with Crippen molar-refractivity contribution < 1.29 is 14.3 Å². The van der Waals surface area contributed by atoms with E-state index in [-0.39, 0.29) is 5.91 Å². The van der Waals surface area contributed by atoms with Crippen molar-refractivity contribution in [3.8, 4) is 11.5 Å². The van der Waals surface area contributed by atoms with Crippen molar-refractivity contribution in [3.63, 3.8) is 0 Å². The van der Waals surface area contributed by atoms with Gasteiger partial charge >= 0.3 is 0 Å². The molecule has 0 fully saturated rings. The fraction of sp³-hybridized carbons (Fsp3) is 0.278. The van der Waals surface area contributed by atoms with E-state index in [1.165, 1.54) is 0 Å². The van der Waals surface area contributed by atoms with Crippen LogP contribution in [0, 0.1) is 13.8 Å². The van der Waals surface area contributed by atoms with Crippen LogP contribution in [0.1, 0.15) is 27.0 Å². The minimum absolute atomic E-state index is 0.103. The van der Waals surface area contributed by atoms with Crippen LogP contribution in [-0.2, 0) is 6.54 Å². The molecule has 0 saturated carbocycles. The number of carbonyl (C=O) groups excluding carboxylic acids is 1. The highest BCUT2D eigenvalue weighted by atomic mass is 35.5. The number of amides is 1. The smallest absolute Gasteiger partial charge is 0.251 e. The molecule has 0 bridgehead atoms. The number of hydrogen-bond acceptors (Lipinski definition) is 3. The number of carbonyl (C=O) groups is 1. The van der Waals surface area contributed by atoms with Gasteiger partial charge in [0, 0.05) is 12.1 Å². The first-order valence-corrected chi connectivity index (χ1v) is 7.86. The highest BCUT2D eigenvalue weighted by Gasteiger charge is 2.17. The topological polar surface area (TPSA) is 47.6 Å². The summed E-state index contributed by atoms with van der Waals surface area (Å²) in [6.45, 7) is 5.31. The van der Waals surface area contributed by atoms with E-state index >= 15 is 0 Å². The molecule has 1 heterocycles. The van der Waals surface area contributed by atoms with E-state index in [0.29, 0.717) is 41.8 Å². The predicted octanol–water partition coefficient (Wildman–Crippen LogP) is 3.66. The van der Waals surface area contributed by atoms with Crippen molar-refractivity contribution in [2.75, 3.05) is 13.2 Å². The molecule has 0 atom stereocenters. The van der Waals surface area contributed by atoms with E-state index < -0.39 is 0 Å². The molecule has 1 aliphatic heterocycles. The van der Waals surface area contributed by atoms with Crippen molar-refractivity contribution in [1.29, 1.82) is 0 Å². The first-order valence-electron chi connectivity index (χ1n) is 7.48. The van der Waals surface area contributed by atoms with Crippen LogP contribution in [0.15, 0.2) is 30.3 Å². The second-order valence-electron chi connectivity index (χ2n) is 5.60. The Morgan fingerprint density at radius 2 is 1.96 bits per heavy atom. The third-order valence-electron chi connectivity index (χ3n) is 3.74. The van der Waals surface area contributed by atoms with Gasteiger partial charge in [-0.15, -0.1) is 0 Å². The summed E-state index contributed by atoms with van der Waals surface area (Å²) >= 11 is 6.20. The van der Waals surface area contributed by atoms with Crippen LogP contribution >= 0.6 is 11.6 Å². The summed E-state index contributed by atoms with van der Waals surface area (Å²) in [6, 6.07) is 9.41. The molecule has 2 aromatic carbocycles. The molecule has 1 amide bonds. The highest BCUT2D eigenvalue weighted by molar-refractivity contribution is 6.32. The molecular weight excluding hydrogens is 314 g/mol. The summed E-state index contributed by atoms with van der Waals surface area (Å²) in [5.74, 6) is 1.09. The second-order valence-corrected chi connectivity index (χ2v) is 6.01. The van der Waals surface area contributed by atoms with Gasteiger partial charge in [0.25, 0.3) is 5.91 Å². The molecular formula is C18H18ClNO3. The van der Waals surface area contributed by atoms with Gasteiger partial charge in [0.15, 0.2) is 11.5 Å². The number of benzene rings is 2. The lowest BCUT2D eigenvalue weighted by Gasteiger charge is -2.20. The molecule has 5 heteroatoms. The number of ether oxygens (including phenoxy) is 2. The molecule has 0 spiro atoms. The van der Waals surface area contributed by atoms with Crippen molar-refractivity contribution >= 4 is 17.5 Å². The Balaban J connectivity index is 1.73. The summed E-state index contributed by atoms with van der Waals surface area (Å²) in [5, 5.41) is 3.41. The van der Waals surface area contributed by atoms with Gasteiger partial charge in [0.05, 0.1) is 5.02 Å². The fourth-order valence-corrected chi connectivity index (χ4v) is 2.90. The summed E-state index contributed by atoms with van der Waals surface area (Å²) in [5.41, 5.74) is 3.65. The van der Waals surface area contributed by atoms with Crippen molar-refractivity contribution in [3.05, 3.63) is 57.6 Å². The van der Waals surface area contributed by atoms with Gasteiger partial charge in [0.2, 0.25) is 0 Å². The number of hydrogen-bond donors (Lipinski definition) is 1. The number of nitrogens with one attached hydrogen (secondary N) is 1. The summed E-state index contributed by atoms with van der Waals surface area (Å²) < 4.78 is 11.0. The van der Waals surface area contributed by atoms with Gasteiger partial charge in [-0.2, -0.15) is 0 Å². The molecule has 120 valence electrons. The second kappa shape index (κ2) is 6.50. The van der Waals surface area contributed by atoms with Crippen LogP contribution in [0.5, 0.6) is 11.5 Å². The molecule has 0 aliphatic carbocycles. The summed E-state index contributed by atoms with van der Waals surface area (Å²) in [7, 11) is 0. The zero-order valence-corrected chi connectivity index (χ0v) is 13.9. The van der Waals surface area contributed by atoms with E-state index in [1.807, 2.05) is 38.1 Å². The van der Waals surface area contributed by atoms with Crippen LogP contribution < -0.4 is 14.8 Å². The quantitative estimate of drug-likeness (QED) is 0.933. The van der Waals surface area contributed by atoms with Crippen molar-refractivity contribution in [1.82, 2.24) is 5.32 Å². The van der Waals surface area contributed by atoms with Crippen LogP contribution in [0.2, 0.25) is 5.02 Å². The molecule has 0 unspecified atom stereocenters. The molecule has 1 aliphatic rings. The first-order chi connectivity index (χ1) is 11.0. The maximum atomic E-state index is 12.3. The lowest BCUT2D eigenvalue weighted by Crippen LogP contribution is -2.24. The molecule has 4 nitrogen and oxygen atoms in total. The minimum Gasteiger partial charge on any atom is -0.486 e. The van der Waals surface area contributed by atoms with Gasteiger partial charge in [-0.25, -0.2) is 0 Å². The lowest BCUT2D eigenvalue weighted by molar-refractivity contribution is 0.0950. The van der Waals surface area contributed by atoms with E-state index in [9.17, 15) is 4.79 Å². The monoisotopic (exact) mass is 331 g/mol. The SMILES string of the molecule is Cc1ccc(C(=O)NCc2cc(Cl)c3c(c2)OCCO3)c(C)c1. The first kappa shape index (κ1) is 15.7. The Hall–Kier alpha value is -2.20. The van der Waals surface area contributed by atoms with Gasteiger partial charge in [0.1, 0.15) is 13.2 Å². The average Bonchev–Trinajstić information content (AvgIpc) is 2.53. The fourth-order valence-electron chi connectivity index (χ4n) is 2.61. The summed E-state index contributed by atoms with van der Waals surface area (Å²) in [6.07, 6.45) is 0. The maximum Gasteiger partial charge on any atom is 0.251 e. The Bertz CT molecular complexity index is 758. The molecule has 0 saturated heterocycles. The van der Waals surface area contributed by atoms with E-state index in [0.717, 1.165) is 16.7 Å². The van der Waals surface area contributed by atoms with Gasteiger partial charge in [-0.1, -0.05) is 29.3 Å². The van der Waals surface area contributed by atoms with Crippen molar-refractivity contribution in [2.45, 2.75) is 20.4 Å². The third-order valence-corrected chi connectivity index (χ3v) is 4.02. The Kier molecular flexibility index (Phi) is 4.44. The minimum atomic E-state index is -0.103. The largest absolute Gasteiger partial charge is 0.486 e. The van der Waals surface area contributed by atoms with Gasteiger partial charge in [-0.3, -0.25) is 4.79 Å². The van der Waals surface area contributed by atoms with Crippen LogP contribution in [-0.4, -0.2) is 19.1 Å². The lowest BCUT2D eigenvalue weighted by atomic mass is 10.1. The number of halogens is 1. The maximum absolute atomic E-state index is 12.3. The van der Waals surface area contributed by atoms with Crippen LogP contribution in [0.25, 0.3) is 0 Å². The Labute approximate surface area is 140 Å². The molecule has 0 aromatic heterocycles. The van der Waals surface area contributed by atoms with Crippen LogP contribution in [0.3, 0.4) is 0 Å². The number of fused-ring (bicyclic) bond motifs is 1. The average molecular weight is 332 g/mol. The summed E-state index contributed by atoms with van der Waals surface area (Å²) in [4.78, 5) is 12.3. The highest BCUT2D eigenvalue weighted by Crippen LogP contribution is 2.38. The zero-order valence-electron chi connectivity index (χ0n) is 13.1. The molecule has 3 rings (SSSR count). The number of rotatable bonds is 3. The standard InChI is InChI=1S/C18H18ClNO3/c1-11-3-4-14(12(2)7-11)18(21)20-10-13-8-15(19)17-16(9-13)22-5-6-23-17/h3-4,7-9H,5-6,10H2,1-2H3,(H,20,21). The third kappa shape index (κ3) is 3.42. The van der Waals surface area contributed by atoms with E-state index in [4.69, 9.17) is 21.1 Å².